The number of hydrogen-bond acceptors (Lipinski definition) is 7. The summed E-state index contributed by atoms with van der Waals surface area (Å²) in [6, 6.07) is 2.91. The van der Waals surface area contributed by atoms with Crippen molar-refractivity contribution in [1.82, 2.24) is 10.6 Å². The Balaban J connectivity index is 2.46. The van der Waals surface area contributed by atoms with Crippen molar-refractivity contribution in [2.45, 2.75) is 32.9 Å². The minimum absolute atomic E-state index is 0.257. The zero-order chi connectivity index (χ0) is 21.7. The molecule has 2 N–H and O–H groups in total. The molecule has 0 saturated carbocycles. The van der Waals surface area contributed by atoms with E-state index in [0.717, 1.165) is 0 Å². The van der Waals surface area contributed by atoms with E-state index in [9.17, 15) is 9.59 Å². The Morgan fingerprint density at radius 3 is 2.59 bits per heavy atom. The van der Waals surface area contributed by atoms with Crippen LogP contribution in [0.15, 0.2) is 27.9 Å². The molecule has 1 heterocycles. The van der Waals surface area contributed by atoms with Crippen molar-refractivity contribution >= 4 is 45.2 Å². The van der Waals surface area contributed by atoms with Crippen molar-refractivity contribution in [3.05, 3.63) is 33.4 Å². The average molecular weight is 487 g/mol. The van der Waals surface area contributed by atoms with E-state index in [4.69, 9.17) is 31.2 Å². The molecule has 158 valence electrons. The van der Waals surface area contributed by atoms with Gasteiger partial charge in [0, 0.05) is 5.70 Å². The molecule has 1 aromatic carbocycles. The van der Waals surface area contributed by atoms with E-state index >= 15 is 0 Å². The molecule has 29 heavy (non-hydrogen) atoms. The molecular weight excluding hydrogens is 464 g/mol. The van der Waals surface area contributed by atoms with Gasteiger partial charge in [-0.25, -0.2) is 9.59 Å². The fourth-order valence-electron chi connectivity index (χ4n) is 2.83. The van der Waals surface area contributed by atoms with E-state index in [1.54, 1.807) is 32.9 Å². The van der Waals surface area contributed by atoms with Crippen molar-refractivity contribution in [3.63, 3.8) is 0 Å². The zero-order valence-corrected chi connectivity index (χ0v) is 19.2. The van der Waals surface area contributed by atoms with Crippen LogP contribution >= 0.6 is 28.1 Å². The highest BCUT2D eigenvalue weighted by Crippen LogP contribution is 2.40. The Labute approximate surface area is 183 Å². The third-order valence-corrected chi connectivity index (χ3v) is 4.98. The monoisotopic (exact) mass is 486 g/mol. The van der Waals surface area contributed by atoms with Crippen LogP contribution in [0, 0.1) is 0 Å². The number of carbonyl (C=O) groups is 2. The normalized spacial score (nSPS) is 17.0. The molecule has 0 bridgehead atoms. The van der Waals surface area contributed by atoms with Crippen molar-refractivity contribution < 1.29 is 28.5 Å². The first-order valence-electron chi connectivity index (χ1n) is 8.80. The number of halogens is 1. The van der Waals surface area contributed by atoms with E-state index in [1.807, 2.05) is 0 Å². The predicted molar refractivity (Wildman–Crippen MR) is 114 cm³/mol. The second-order valence-corrected chi connectivity index (χ2v) is 7.37. The van der Waals surface area contributed by atoms with Crippen LogP contribution in [-0.4, -0.2) is 44.0 Å². The summed E-state index contributed by atoms with van der Waals surface area (Å²) in [5.74, 6) is -0.254. The van der Waals surface area contributed by atoms with Crippen LogP contribution in [0.1, 0.15) is 32.4 Å². The lowest BCUT2D eigenvalue weighted by Crippen LogP contribution is -2.45. The maximum atomic E-state index is 12.3. The molecule has 10 heteroatoms. The highest BCUT2D eigenvalue weighted by atomic mass is 79.9. The second-order valence-electron chi connectivity index (χ2n) is 6.11. The minimum atomic E-state index is -0.830. The number of esters is 2. The summed E-state index contributed by atoms with van der Waals surface area (Å²) in [7, 11) is 2.80. The number of allylic oxidation sites excluding steroid dienone is 1. The summed E-state index contributed by atoms with van der Waals surface area (Å²) >= 11 is 8.70. The maximum Gasteiger partial charge on any atom is 0.347 e. The van der Waals surface area contributed by atoms with Gasteiger partial charge in [-0.1, -0.05) is 0 Å². The van der Waals surface area contributed by atoms with E-state index in [0.29, 0.717) is 37.9 Å². The molecule has 0 saturated heterocycles. The van der Waals surface area contributed by atoms with Gasteiger partial charge < -0.3 is 29.6 Å². The van der Waals surface area contributed by atoms with Crippen molar-refractivity contribution in [2.75, 3.05) is 20.8 Å². The summed E-state index contributed by atoms with van der Waals surface area (Å²) in [5, 5.41) is 6.38. The molecule has 0 aliphatic carbocycles. The molecule has 0 aromatic heterocycles. The van der Waals surface area contributed by atoms with Crippen LogP contribution in [0.3, 0.4) is 0 Å². The third-order valence-electron chi connectivity index (χ3n) is 4.17. The number of methoxy groups -OCH3 is 2. The standard InChI is InChI=1S/C19H23BrN2O6S/c1-6-27-17(23)10(3)28-16-12(20)7-11(8-13(16)25-4)15-14(18(24)26-5)9(2)21-19(29)22-15/h7-8,10,15H,6H2,1-5H3,(H2,21,22,29)/t10-,15+/m1/s1. The second kappa shape index (κ2) is 9.93. The van der Waals surface area contributed by atoms with Gasteiger partial charge in [-0.15, -0.1) is 0 Å². The number of ether oxygens (including phenoxy) is 4. The lowest BCUT2D eigenvalue weighted by Gasteiger charge is -2.30. The molecule has 0 unspecified atom stereocenters. The molecule has 1 aromatic rings. The Morgan fingerprint density at radius 1 is 1.31 bits per heavy atom. The molecule has 1 aliphatic rings. The van der Waals surface area contributed by atoms with Crippen LogP contribution < -0.4 is 20.1 Å². The first-order valence-corrected chi connectivity index (χ1v) is 10.0. The number of rotatable bonds is 7. The molecule has 0 radical (unpaired) electrons. The van der Waals surface area contributed by atoms with Gasteiger partial charge in [-0.2, -0.15) is 0 Å². The number of hydrogen-bond donors (Lipinski definition) is 2. The largest absolute Gasteiger partial charge is 0.493 e. The van der Waals surface area contributed by atoms with Gasteiger partial charge in [0.1, 0.15) is 0 Å². The molecule has 0 fully saturated rings. The van der Waals surface area contributed by atoms with Crippen LogP contribution in [0.4, 0.5) is 0 Å². The van der Waals surface area contributed by atoms with E-state index < -0.39 is 24.1 Å². The van der Waals surface area contributed by atoms with E-state index in [1.165, 1.54) is 14.2 Å². The molecule has 0 amide bonds. The third kappa shape index (κ3) is 5.18. The highest BCUT2D eigenvalue weighted by Gasteiger charge is 2.32. The first-order chi connectivity index (χ1) is 13.7. The quantitative estimate of drug-likeness (QED) is 0.445. The Kier molecular flexibility index (Phi) is 7.86. The first kappa shape index (κ1) is 23.0. The molecule has 1 aliphatic heterocycles. The van der Waals surface area contributed by atoms with Crippen molar-refractivity contribution in [2.24, 2.45) is 0 Å². The average Bonchev–Trinajstić information content (AvgIpc) is 2.68. The van der Waals surface area contributed by atoms with Gasteiger partial charge in [0.25, 0.3) is 0 Å². The van der Waals surface area contributed by atoms with E-state index in [-0.39, 0.29) is 6.61 Å². The van der Waals surface area contributed by atoms with Gasteiger partial charge >= 0.3 is 11.9 Å². The Morgan fingerprint density at radius 2 is 2.00 bits per heavy atom. The number of nitrogens with one attached hydrogen (secondary N) is 2. The molecule has 2 rings (SSSR count). The summed E-state index contributed by atoms with van der Waals surface area (Å²) in [6.07, 6.45) is -0.830. The lowest BCUT2D eigenvalue weighted by atomic mass is 9.95. The molecule has 0 spiro atoms. The minimum Gasteiger partial charge on any atom is -0.493 e. The van der Waals surface area contributed by atoms with Crippen LogP contribution in [-0.2, 0) is 19.1 Å². The predicted octanol–water partition coefficient (Wildman–Crippen LogP) is 2.75. The summed E-state index contributed by atoms with van der Waals surface area (Å²) in [6.45, 7) is 5.32. The number of carbonyl (C=O) groups excluding carboxylic acids is 2. The van der Waals surface area contributed by atoms with Crippen LogP contribution in [0.25, 0.3) is 0 Å². The summed E-state index contributed by atoms with van der Waals surface area (Å²) < 4.78 is 21.6. The van der Waals surface area contributed by atoms with Gasteiger partial charge in [0.15, 0.2) is 22.7 Å². The highest BCUT2D eigenvalue weighted by molar-refractivity contribution is 9.10. The van der Waals surface area contributed by atoms with Crippen molar-refractivity contribution in [1.29, 1.82) is 0 Å². The van der Waals surface area contributed by atoms with E-state index in [2.05, 4.69) is 26.6 Å². The zero-order valence-electron chi connectivity index (χ0n) is 16.8. The molecule has 2 atom stereocenters. The fraction of sp³-hybridized carbons (Fsp3) is 0.421. The van der Waals surface area contributed by atoms with Gasteiger partial charge in [-0.3, -0.25) is 0 Å². The summed E-state index contributed by atoms with van der Waals surface area (Å²) in [4.78, 5) is 24.2. The smallest absolute Gasteiger partial charge is 0.347 e. The number of benzene rings is 1. The van der Waals surface area contributed by atoms with Crippen molar-refractivity contribution in [3.8, 4) is 11.5 Å². The molecule has 8 nitrogen and oxygen atoms in total. The fourth-order valence-corrected chi connectivity index (χ4v) is 3.65. The van der Waals surface area contributed by atoms with Crippen LogP contribution in [0.5, 0.6) is 11.5 Å². The molecular formula is C19H23BrN2O6S. The van der Waals surface area contributed by atoms with Gasteiger partial charge in [-0.05, 0) is 66.6 Å². The van der Waals surface area contributed by atoms with Crippen LogP contribution in [0.2, 0.25) is 0 Å². The topological polar surface area (TPSA) is 95.1 Å². The maximum absolute atomic E-state index is 12.3. The lowest BCUT2D eigenvalue weighted by molar-refractivity contribution is -0.150. The van der Waals surface area contributed by atoms with Gasteiger partial charge in [0.05, 0.1) is 36.9 Å². The van der Waals surface area contributed by atoms with Gasteiger partial charge in [0.2, 0.25) is 0 Å². The SMILES string of the molecule is CCOC(=O)[C@@H](C)Oc1c(Br)cc([C@@H]2NC(=S)NC(C)=C2C(=O)OC)cc1OC. The summed E-state index contributed by atoms with van der Waals surface area (Å²) in [5.41, 5.74) is 1.68. The Hall–Kier alpha value is -2.33. The number of thiocarbonyl (C=S) groups is 1. The Bertz CT molecular complexity index is 857.